The minimum Gasteiger partial charge on any atom is -0.480 e. The highest BCUT2D eigenvalue weighted by Gasteiger charge is 2.30. The maximum Gasteiger partial charge on any atom is 0.326 e. The molecule has 0 aromatic rings. The standard InChI is InChI=1S/C13H23N3O4/c1-3-8(2)10(12(18)19)15-13(20)16-6-4-9(5-7-16)11(14)17/h8-10H,3-7H2,1-2H3,(H2,14,17)(H,15,20)(H,18,19)/t8-,10-/m0/s1. The maximum atomic E-state index is 12.0. The third kappa shape index (κ3) is 4.11. The second-order valence-corrected chi connectivity index (χ2v) is 5.31. The van der Waals surface area contributed by atoms with Gasteiger partial charge >= 0.3 is 12.0 Å². The van der Waals surface area contributed by atoms with Crippen molar-refractivity contribution in [2.24, 2.45) is 17.6 Å². The summed E-state index contributed by atoms with van der Waals surface area (Å²) in [4.78, 5) is 35.8. The van der Waals surface area contributed by atoms with Crippen molar-refractivity contribution in [2.45, 2.75) is 39.2 Å². The van der Waals surface area contributed by atoms with Crippen molar-refractivity contribution in [3.05, 3.63) is 0 Å². The van der Waals surface area contributed by atoms with Gasteiger partial charge in [0.05, 0.1) is 0 Å². The Morgan fingerprint density at radius 2 is 1.90 bits per heavy atom. The molecule has 1 saturated heterocycles. The molecule has 0 aromatic carbocycles. The molecule has 0 unspecified atom stereocenters. The van der Waals surface area contributed by atoms with Gasteiger partial charge in [-0.15, -0.1) is 0 Å². The number of urea groups is 1. The molecule has 1 rings (SSSR count). The average Bonchev–Trinajstić information content (AvgIpc) is 2.43. The number of primary amides is 1. The first-order valence-corrected chi connectivity index (χ1v) is 6.94. The number of hydrogen-bond donors (Lipinski definition) is 3. The van der Waals surface area contributed by atoms with E-state index in [1.807, 2.05) is 6.92 Å². The van der Waals surface area contributed by atoms with Crippen molar-refractivity contribution in [1.29, 1.82) is 0 Å². The van der Waals surface area contributed by atoms with Crippen LogP contribution < -0.4 is 11.1 Å². The second kappa shape index (κ2) is 7.12. The van der Waals surface area contributed by atoms with E-state index in [4.69, 9.17) is 10.8 Å². The van der Waals surface area contributed by atoms with Gasteiger partial charge in [-0.2, -0.15) is 0 Å². The number of carboxylic acid groups (broad SMARTS) is 1. The van der Waals surface area contributed by atoms with E-state index in [-0.39, 0.29) is 23.8 Å². The highest BCUT2D eigenvalue weighted by atomic mass is 16.4. The van der Waals surface area contributed by atoms with Crippen LogP contribution in [0.4, 0.5) is 4.79 Å². The lowest BCUT2D eigenvalue weighted by atomic mass is 9.96. The summed E-state index contributed by atoms with van der Waals surface area (Å²) in [5.41, 5.74) is 5.23. The van der Waals surface area contributed by atoms with Crippen LogP contribution in [0.2, 0.25) is 0 Å². The number of nitrogens with one attached hydrogen (secondary N) is 1. The minimum atomic E-state index is -1.03. The summed E-state index contributed by atoms with van der Waals surface area (Å²) in [6.07, 6.45) is 1.73. The van der Waals surface area contributed by atoms with Gasteiger partial charge in [-0.1, -0.05) is 20.3 Å². The van der Waals surface area contributed by atoms with Gasteiger partial charge in [0, 0.05) is 19.0 Å². The first kappa shape index (κ1) is 16.3. The quantitative estimate of drug-likeness (QED) is 0.678. The summed E-state index contributed by atoms with van der Waals surface area (Å²) >= 11 is 0. The molecule has 0 aliphatic carbocycles. The van der Waals surface area contributed by atoms with E-state index in [9.17, 15) is 14.4 Å². The van der Waals surface area contributed by atoms with Gasteiger partial charge in [-0.3, -0.25) is 4.79 Å². The Morgan fingerprint density at radius 1 is 1.35 bits per heavy atom. The molecule has 114 valence electrons. The van der Waals surface area contributed by atoms with E-state index in [1.54, 1.807) is 6.92 Å². The third-order valence-electron chi connectivity index (χ3n) is 3.94. The normalized spacial score (nSPS) is 19.2. The molecule has 1 fully saturated rings. The van der Waals surface area contributed by atoms with Crippen LogP contribution in [0, 0.1) is 11.8 Å². The van der Waals surface area contributed by atoms with Crippen LogP contribution in [-0.2, 0) is 9.59 Å². The number of nitrogens with zero attached hydrogens (tertiary/aromatic N) is 1. The molecular formula is C13H23N3O4. The van der Waals surface area contributed by atoms with E-state index >= 15 is 0 Å². The van der Waals surface area contributed by atoms with Crippen molar-refractivity contribution in [1.82, 2.24) is 10.2 Å². The Bertz CT molecular complexity index is 378. The molecule has 0 saturated carbocycles. The fourth-order valence-corrected chi connectivity index (χ4v) is 2.27. The van der Waals surface area contributed by atoms with E-state index in [2.05, 4.69) is 5.32 Å². The average molecular weight is 285 g/mol. The van der Waals surface area contributed by atoms with Crippen LogP contribution in [0.25, 0.3) is 0 Å². The number of aliphatic carboxylic acids is 1. The molecule has 1 heterocycles. The number of amides is 3. The Labute approximate surface area is 118 Å². The van der Waals surface area contributed by atoms with Crippen molar-refractivity contribution in [2.75, 3.05) is 13.1 Å². The Hall–Kier alpha value is -1.79. The molecule has 0 aromatic heterocycles. The zero-order chi connectivity index (χ0) is 15.3. The van der Waals surface area contributed by atoms with Gasteiger partial charge in [0.2, 0.25) is 5.91 Å². The molecule has 0 bridgehead atoms. The number of hydrogen-bond acceptors (Lipinski definition) is 3. The molecule has 1 aliphatic rings. The van der Waals surface area contributed by atoms with Crippen molar-refractivity contribution >= 4 is 17.9 Å². The fourth-order valence-electron chi connectivity index (χ4n) is 2.27. The molecule has 0 radical (unpaired) electrons. The number of nitrogens with two attached hydrogens (primary N) is 1. The Kier molecular flexibility index (Phi) is 5.79. The molecular weight excluding hydrogens is 262 g/mol. The van der Waals surface area contributed by atoms with E-state index < -0.39 is 12.0 Å². The highest BCUT2D eigenvalue weighted by molar-refractivity contribution is 5.83. The molecule has 1 aliphatic heterocycles. The summed E-state index contributed by atoms with van der Waals surface area (Å²) in [5.74, 6) is -1.70. The number of carbonyl (C=O) groups excluding carboxylic acids is 2. The summed E-state index contributed by atoms with van der Waals surface area (Å²) in [7, 11) is 0. The van der Waals surface area contributed by atoms with E-state index in [0.717, 1.165) is 0 Å². The van der Waals surface area contributed by atoms with E-state index in [0.29, 0.717) is 32.4 Å². The maximum absolute atomic E-state index is 12.0. The molecule has 2 atom stereocenters. The fraction of sp³-hybridized carbons (Fsp3) is 0.769. The monoisotopic (exact) mass is 285 g/mol. The number of carboxylic acids is 1. The number of carbonyl (C=O) groups is 3. The number of piperidine rings is 1. The topological polar surface area (TPSA) is 113 Å². The molecule has 7 nitrogen and oxygen atoms in total. The van der Waals surface area contributed by atoms with Crippen LogP contribution in [0.3, 0.4) is 0 Å². The predicted molar refractivity (Wildman–Crippen MR) is 72.9 cm³/mol. The largest absolute Gasteiger partial charge is 0.480 e. The number of rotatable bonds is 5. The zero-order valence-corrected chi connectivity index (χ0v) is 12.0. The molecule has 7 heteroatoms. The van der Waals surface area contributed by atoms with Gasteiger partial charge in [0.1, 0.15) is 6.04 Å². The van der Waals surface area contributed by atoms with Gasteiger partial charge in [-0.25, -0.2) is 9.59 Å². The summed E-state index contributed by atoms with van der Waals surface area (Å²) in [5, 5.41) is 11.7. The van der Waals surface area contributed by atoms with Gasteiger partial charge in [0.25, 0.3) is 0 Å². The lowest BCUT2D eigenvalue weighted by Crippen LogP contribution is -2.52. The van der Waals surface area contributed by atoms with Gasteiger partial charge in [0.15, 0.2) is 0 Å². The first-order valence-electron chi connectivity index (χ1n) is 6.94. The van der Waals surface area contributed by atoms with Crippen LogP contribution in [0.15, 0.2) is 0 Å². The summed E-state index contributed by atoms with van der Waals surface area (Å²) < 4.78 is 0. The first-order chi connectivity index (χ1) is 9.36. The Morgan fingerprint density at radius 3 is 2.30 bits per heavy atom. The van der Waals surface area contributed by atoms with Crippen molar-refractivity contribution < 1.29 is 19.5 Å². The van der Waals surface area contributed by atoms with E-state index in [1.165, 1.54) is 4.90 Å². The van der Waals surface area contributed by atoms with Crippen LogP contribution in [0.5, 0.6) is 0 Å². The zero-order valence-electron chi connectivity index (χ0n) is 12.0. The second-order valence-electron chi connectivity index (χ2n) is 5.31. The van der Waals surface area contributed by atoms with Crippen LogP contribution in [0.1, 0.15) is 33.1 Å². The molecule has 3 amide bonds. The minimum absolute atomic E-state index is 0.139. The lowest BCUT2D eigenvalue weighted by molar-refractivity contribution is -0.140. The third-order valence-corrected chi connectivity index (χ3v) is 3.94. The molecule has 20 heavy (non-hydrogen) atoms. The van der Waals surface area contributed by atoms with Crippen molar-refractivity contribution in [3.63, 3.8) is 0 Å². The SMILES string of the molecule is CC[C@H](C)[C@H](NC(=O)N1CCC(C(N)=O)CC1)C(=O)O. The van der Waals surface area contributed by atoms with Gasteiger partial charge < -0.3 is 21.1 Å². The summed E-state index contributed by atoms with van der Waals surface area (Å²) in [6, 6.07) is -1.28. The smallest absolute Gasteiger partial charge is 0.326 e. The predicted octanol–water partition coefficient (Wildman–Crippen LogP) is 0.393. The molecule has 4 N–H and O–H groups in total. The number of likely N-dealkylation sites (tertiary alicyclic amines) is 1. The van der Waals surface area contributed by atoms with Crippen molar-refractivity contribution in [3.8, 4) is 0 Å². The summed E-state index contributed by atoms with van der Waals surface area (Å²) in [6.45, 7) is 4.52. The lowest BCUT2D eigenvalue weighted by Gasteiger charge is -2.32. The highest BCUT2D eigenvalue weighted by Crippen LogP contribution is 2.17. The van der Waals surface area contributed by atoms with Crippen LogP contribution >= 0.6 is 0 Å². The molecule has 0 spiro atoms. The van der Waals surface area contributed by atoms with Crippen LogP contribution in [-0.4, -0.2) is 47.0 Å². The van der Waals surface area contributed by atoms with Gasteiger partial charge in [-0.05, 0) is 18.8 Å². The Balaban J connectivity index is 2.54.